The molecule has 10 atom stereocenters. The van der Waals surface area contributed by atoms with Crippen LogP contribution in [0.3, 0.4) is 0 Å². The number of rotatable bonds is 4. The molecule has 0 radical (unpaired) electrons. The van der Waals surface area contributed by atoms with Gasteiger partial charge in [-0.2, -0.15) is 0 Å². The molecule has 172 valence electrons. The third-order valence-corrected chi connectivity index (χ3v) is 4.35. The predicted octanol–water partition coefficient (Wildman–Crippen LogP) is -3.76. The summed E-state index contributed by atoms with van der Waals surface area (Å²) in [6, 6.07) is 0. The van der Waals surface area contributed by atoms with Gasteiger partial charge in [0.05, 0.1) is 19.3 Å². The molecule has 13 heteroatoms. The summed E-state index contributed by atoms with van der Waals surface area (Å²) >= 11 is 4.80. The first-order valence-corrected chi connectivity index (χ1v) is 12.0. The van der Waals surface area contributed by atoms with Crippen molar-refractivity contribution < 1.29 is 72.3 Å². The molecule has 0 aromatic heterocycles. The van der Waals surface area contributed by atoms with Crippen molar-refractivity contribution >= 4 is 20.6 Å². The average molecular weight is 631 g/mol. The van der Waals surface area contributed by atoms with Crippen molar-refractivity contribution in [1.29, 1.82) is 0 Å². The predicted molar refractivity (Wildman–Crippen MR) is 99.9 cm³/mol. The molecule has 28 heavy (non-hydrogen) atoms. The standard InChI is InChI=1S/C12H22O10S.C3H9P.Au/c13-1-3-5(15)6(16)8(18)11(20-3)22-10-4(2-14)21-12(23)9(19)7(10)17;1-4(2)3;/h3-19,23H,1-2H2;1-3H3;/q;;+1/t3?,4?,5-,6-,7+,8?,9?,10+,11-,12-;;/m0../s1. The van der Waals surface area contributed by atoms with Gasteiger partial charge in [0, 0.05) is 20.0 Å². The molecule has 0 amide bonds. The summed E-state index contributed by atoms with van der Waals surface area (Å²) in [4.78, 5) is 0. The molecule has 2 aliphatic rings. The van der Waals surface area contributed by atoms with E-state index in [9.17, 15) is 30.6 Å². The quantitative estimate of drug-likeness (QED) is 0.0925. The SMILES string of the molecule is C[PH+](C)C.OCC1O[C@@H]([S-])C(O)[C@@H](O)[C@@H]1O[C@@H]1OC(CO)[C@H](O)[C@H](O)C1O.[Au+]. The van der Waals surface area contributed by atoms with Gasteiger partial charge in [-0.15, -0.1) is 0 Å². The van der Waals surface area contributed by atoms with E-state index >= 15 is 0 Å². The molecule has 0 aliphatic carbocycles. The van der Waals surface area contributed by atoms with Crippen molar-refractivity contribution in [2.24, 2.45) is 0 Å². The van der Waals surface area contributed by atoms with Crippen LogP contribution in [0.5, 0.6) is 0 Å². The minimum atomic E-state index is -1.68. The van der Waals surface area contributed by atoms with Gasteiger partial charge in [-0.05, 0) is 13.4 Å². The molecular formula is C15H31AuO10PS+. The normalized spacial score (nSPS) is 43.7. The van der Waals surface area contributed by atoms with E-state index in [-0.39, 0.29) is 30.3 Å². The molecule has 2 saturated heterocycles. The van der Waals surface area contributed by atoms with Crippen molar-refractivity contribution in [3.63, 3.8) is 0 Å². The van der Waals surface area contributed by atoms with Crippen LogP contribution in [0.1, 0.15) is 0 Å². The minimum Gasteiger partial charge on any atom is -0.759 e. The first-order chi connectivity index (χ1) is 12.5. The van der Waals surface area contributed by atoms with E-state index in [4.69, 9.17) is 31.9 Å². The summed E-state index contributed by atoms with van der Waals surface area (Å²) in [6.07, 6.45) is -13.0. The number of ether oxygens (including phenoxy) is 3. The summed E-state index contributed by atoms with van der Waals surface area (Å²) < 4.78 is 15.6. The van der Waals surface area contributed by atoms with Gasteiger partial charge in [-0.3, -0.25) is 0 Å². The summed E-state index contributed by atoms with van der Waals surface area (Å²) in [5.41, 5.74) is -1.16. The zero-order chi connectivity index (χ0) is 20.9. The summed E-state index contributed by atoms with van der Waals surface area (Å²) in [7, 11) is 0.120. The van der Waals surface area contributed by atoms with Crippen LogP contribution in [0.2, 0.25) is 0 Å². The third-order valence-electron chi connectivity index (χ3n) is 3.96. The fourth-order valence-electron chi connectivity index (χ4n) is 2.56. The molecule has 0 aromatic rings. The zero-order valence-corrected chi connectivity index (χ0v) is 19.7. The van der Waals surface area contributed by atoms with Gasteiger partial charge in [0.25, 0.3) is 0 Å². The molecule has 2 aliphatic heterocycles. The van der Waals surface area contributed by atoms with E-state index in [1.54, 1.807) is 0 Å². The van der Waals surface area contributed by atoms with Crippen LogP contribution in [0.25, 0.3) is 0 Å². The molecule has 2 fully saturated rings. The van der Waals surface area contributed by atoms with Gasteiger partial charge in [-0.25, -0.2) is 0 Å². The third kappa shape index (κ3) is 7.67. The van der Waals surface area contributed by atoms with E-state index in [2.05, 4.69) is 20.0 Å². The second kappa shape index (κ2) is 13.5. The van der Waals surface area contributed by atoms with Crippen molar-refractivity contribution in [1.82, 2.24) is 0 Å². The van der Waals surface area contributed by atoms with E-state index < -0.39 is 73.8 Å². The number of aliphatic hydroxyl groups is 7. The maximum atomic E-state index is 10.0. The van der Waals surface area contributed by atoms with Crippen LogP contribution in [-0.2, 0) is 49.2 Å². The van der Waals surface area contributed by atoms with Crippen LogP contribution in [0, 0.1) is 0 Å². The van der Waals surface area contributed by atoms with E-state index in [0.717, 1.165) is 0 Å². The number of hydrogen-bond acceptors (Lipinski definition) is 11. The molecule has 0 bridgehead atoms. The molecule has 0 saturated carbocycles. The second-order valence-electron chi connectivity index (χ2n) is 7.00. The second-order valence-corrected chi connectivity index (χ2v) is 10.5. The molecule has 10 nitrogen and oxygen atoms in total. The molecule has 2 rings (SSSR count). The van der Waals surface area contributed by atoms with E-state index in [0.29, 0.717) is 0 Å². The van der Waals surface area contributed by atoms with E-state index in [1.807, 2.05) is 0 Å². The Morgan fingerprint density at radius 1 is 0.786 bits per heavy atom. The smallest absolute Gasteiger partial charge is 0.759 e. The Balaban J connectivity index is 0.00000133. The Kier molecular flexibility index (Phi) is 14.1. The Morgan fingerprint density at radius 3 is 1.75 bits per heavy atom. The van der Waals surface area contributed by atoms with Gasteiger partial charge < -0.3 is 62.6 Å². The van der Waals surface area contributed by atoms with Crippen molar-refractivity contribution in [2.75, 3.05) is 33.2 Å². The number of hydrogen-bond donors (Lipinski definition) is 7. The Morgan fingerprint density at radius 2 is 1.29 bits per heavy atom. The fourth-order valence-corrected chi connectivity index (χ4v) is 2.86. The largest absolute Gasteiger partial charge is 1.00 e. The average Bonchev–Trinajstić information content (AvgIpc) is 2.61. The monoisotopic (exact) mass is 631 g/mol. The summed E-state index contributed by atoms with van der Waals surface area (Å²) in [5.74, 6) is 0. The van der Waals surface area contributed by atoms with Gasteiger partial charge in [0.15, 0.2) is 6.29 Å². The first-order valence-electron chi connectivity index (χ1n) is 8.56. The number of aliphatic hydroxyl groups excluding tert-OH is 7. The van der Waals surface area contributed by atoms with Crippen molar-refractivity contribution in [3.8, 4) is 0 Å². The Labute approximate surface area is 186 Å². The first kappa shape index (κ1) is 29.1. The van der Waals surface area contributed by atoms with E-state index in [1.165, 1.54) is 0 Å². The Hall–Kier alpha value is 1.12. The molecule has 0 spiro atoms. The molecule has 7 N–H and O–H groups in total. The summed E-state index contributed by atoms with van der Waals surface area (Å²) in [5, 5.41) is 67.5. The zero-order valence-electron chi connectivity index (χ0n) is 15.8. The van der Waals surface area contributed by atoms with Gasteiger partial charge >= 0.3 is 22.4 Å². The maximum absolute atomic E-state index is 10.0. The van der Waals surface area contributed by atoms with Crippen LogP contribution in [0.15, 0.2) is 0 Å². The minimum absolute atomic E-state index is 0. The fraction of sp³-hybridized carbons (Fsp3) is 1.00. The molecule has 4 unspecified atom stereocenters. The molecular weight excluding hydrogens is 600 g/mol. The van der Waals surface area contributed by atoms with Crippen molar-refractivity contribution in [2.45, 2.75) is 60.6 Å². The Bertz CT molecular complexity index is 433. The van der Waals surface area contributed by atoms with Gasteiger partial charge in [-0.1, -0.05) is 0 Å². The van der Waals surface area contributed by atoms with Crippen LogP contribution in [0.4, 0.5) is 0 Å². The van der Waals surface area contributed by atoms with Gasteiger partial charge in [0.1, 0.15) is 42.7 Å². The maximum Gasteiger partial charge on any atom is 1.00 e. The molecule has 0 aromatic carbocycles. The summed E-state index contributed by atoms with van der Waals surface area (Å²) in [6.45, 7) is 5.58. The van der Waals surface area contributed by atoms with Crippen molar-refractivity contribution in [3.05, 3.63) is 0 Å². The molecule has 2 heterocycles. The van der Waals surface area contributed by atoms with Gasteiger partial charge in [0.2, 0.25) is 0 Å². The van der Waals surface area contributed by atoms with Crippen LogP contribution in [-0.4, -0.2) is 130 Å². The van der Waals surface area contributed by atoms with Crippen LogP contribution < -0.4 is 0 Å². The van der Waals surface area contributed by atoms with Crippen LogP contribution >= 0.6 is 7.92 Å². The topological polar surface area (TPSA) is 169 Å².